The predicted octanol–water partition coefficient (Wildman–Crippen LogP) is 4.56. The van der Waals surface area contributed by atoms with Crippen LogP contribution in [0.1, 0.15) is 21.5 Å². The summed E-state index contributed by atoms with van der Waals surface area (Å²) in [5.41, 5.74) is 2.71. The summed E-state index contributed by atoms with van der Waals surface area (Å²) in [5, 5.41) is 0.542. The van der Waals surface area contributed by atoms with Crippen LogP contribution in [0.2, 0.25) is 5.02 Å². The lowest BCUT2D eigenvalue weighted by Crippen LogP contribution is -1.91. The van der Waals surface area contributed by atoms with Crippen LogP contribution in [0.15, 0.2) is 36.4 Å². The van der Waals surface area contributed by atoms with Crippen molar-refractivity contribution in [1.29, 1.82) is 0 Å². The molecule has 92 valence electrons. The first-order chi connectivity index (χ1) is 8.58. The summed E-state index contributed by atoms with van der Waals surface area (Å²) in [6.07, 6.45) is 0.758. The number of hydrogen-bond acceptors (Lipinski definition) is 2. The van der Waals surface area contributed by atoms with Crippen LogP contribution >= 0.6 is 11.6 Å². The molecule has 0 unspecified atom stereocenters. The Bertz CT molecular complexity index is 571. The van der Waals surface area contributed by atoms with Crippen LogP contribution in [-0.2, 0) is 0 Å². The molecule has 0 aliphatic heterocycles. The van der Waals surface area contributed by atoms with Gasteiger partial charge in [0, 0.05) is 11.1 Å². The van der Waals surface area contributed by atoms with Gasteiger partial charge in [-0.2, -0.15) is 0 Å². The second kappa shape index (κ2) is 5.23. The number of benzene rings is 2. The second-order valence-electron chi connectivity index (χ2n) is 4.23. The standard InChI is InChI=1S/C15H13ClO2/c1-10-5-11(2)7-14(6-10)18-15-8-13(16)4-3-12(15)9-17/h3-9H,1-2H3. The molecule has 0 fully saturated rings. The highest BCUT2D eigenvalue weighted by molar-refractivity contribution is 6.30. The molecule has 0 amide bonds. The smallest absolute Gasteiger partial charge is 0.153 e. The highest BCUT2D eigenvalue weighted by Gasteiger charge is 2.06. The molecule has 0 saturated carbocycles. The van der Waals surface area contributed by atoms with Crippen LogP contribution in [0.3, 0.4) is 0 Å². The first-order valence-corrected chi connectivity index (χ1v) is 5.97. The highest BCUT2D eigenvalue weighted by atomic mass is 35.5. The maximum absolute atomic E-state index is 10.9. The van der Waals surface area contributed by atoms with Gasteiger partial charge < -0.3 is 4.74 Å². The Morgan fingerprint density at radius 3 is 2.33 bits per heavy atom. The summed E-state index contributed by atoms with van der Waals surface area (Å²) in [5.74, 6) is 1.18. The fraction of sp³-hybridized carbons (Fsp3) is 0.133. The third-order valence-electron chi connectivity index (χ3n) is 2.53. The van der Waals surface area contributed by atoms with Gasteiger partial charge in [0.05, 0.1) is 5.56 Å². The van der Waals surface area contributed by atoms with Crippen LogP contribution in [0.25, 0.3) is 0 Å². The second-order valence-corrected chi connectivity index (χ2v) is 4.66. The third kappa shape index (κ3) is 2.90. The average molecular weight is 261 g/mol. The van der Waals surface area contributed by atoms with E-state index >= 15 is 0 Å². The van der Waals surface area contributed by atoms with Crippen molar-refractivity contribution in [3.63, 3.8) is 0 Å². The summed E-state index contributed by atoms with van der Waals surface area (Å²) in [6, 6.07) is 10.9. The maximum Gasteiger partial charge on any atom is 0.153 e. The molecule has 0 aliphatic carbocycles. The molecular weight excluding hydrogens is 248 g/mol. The minimum absolute atomic E-state index is 0.475. The lowest BCUT2D eigenvalue weighted by Gasteiger charge is -2.10. The molecule has 18 heavy (non-hydrogen) atoms. The van der Waals surface area contributed by atoms with E-state index in [9.17, 15) is 4.79 Å². The van der Waals surface area contributed by atoms with Crippen molar-refractivity contribution in [3.05, 3.63) is 58.1 Å². The molecule has 0 atom stereocenters. The molecule has 0 aromatic heterocycles. The minimum atomic E-state index is 0.475. The van der Waals surface area contributed by atoms with E-state index in [0.29, 0.717) is 22.1 Å². The van der Waals surface area contributed by atoms with Gasteiger partial charge in [0.1, 0.15) is 11.5 Å². The Morgan fingerprint density at radius 2 is 1.72 bits per heavy atom. The molecule has 0 N–H and O–H groups in total. The number of carbonyl (C=O) groups is 1. The Labute approximate surface area is 111 Å². The highest BCUT2D eigenvalue weighted by Crippen LogP contribution is 2.28. The van der Waals surface area contributed by atoms with Crippen molar-refractivity contribution in [2.24, 2.45) is 0 Å². The van der Waals surface area contributed by atoms with Crippen molar-refractivity contribution in [2.75, 3.05) is 0 Å². The lowest BCUT2D eigenvalue weighted by atomic mass is 10.1. The van der Waals surface area contributed by atoms with E-state index in [1.165, 1.54) is 0 Å². The number of halogens is 1. The summed E-state index contributed by atoms with van der Waals surface area (Å²) in [6.45, 7) is 4.00. The van der Waals surface area contributed by atoms with Crippen LogP contribution in [-0.4, -0.2) is 6.29 Å². The van der Waals surface area contributed by atoms with E-state index in [4.69, 9.17) is 16.3 Å². The van der Waals surface area contributed by atoms with E-state index in [-0.39, 0.29) is 0 Å². The molecule has 0 heterocycles. The summed E-state index contributed by atoms with van der Waals surface area (Å²) < 4.78 is 5.73. The van der Waals surface area contributed by atoms with Crippen molar-refractivity contribution in [3.8, 4) is 11.5 Å². The SMILES string of the molecule is Cc1cc(C)cc(Oc2cc(Cl)ccc2C=O)c1. The van der Waals surface area contributed by atoms with Crippen LogP contribution < -0.4 is 4.74 Å². The number of aldehydes is 1. The lowest BCUT2D eigenvalue weighted by molar-refractivity contribution is 0.112. The predicted molar refractivity (Wildman–Crippen MR) is 72.8 cm³/mol. The first-order valence-electron chi connectivity index (χ1n) is 5.59. The number of carbonyl (C=O) groups excluding carboxylic acids is 1. The van der Waals surface area contributed by atoms with Gasteiger partial charge >= 0.3 is 0 Å². The van der Waals surface area contributed by atoms with Gasteiger partial charge in [-0.15, -0.1) is 0 Å². The van der Waals surface area contributed by atoms with Crippen molar-refractivity contribution in [1.82, 2.24) is 0 Å². The zero-order valence-corrected chi connectivity index (χ0v) is 11.0. The van der Waals surface area contributed by atoms with Crippen molar-refractivity contribution < 1.29 is 9.53 Å². The fourth-order valence-electron chi connectivity index (χ4n) is 1.81. The number of hydrogen-bond donors (Lipinski definition) is 0. The van der Waals surface area contributed by atoms with E-state index in [1.807, 2.05) is 26.0 Å². The van der Waals surface area contributed by atoms with E-state index < -0.39 is 0 Å². The average Bonchev–Trinajstić information content (AvgIpc) is 2.27. The molecule has 2 rings (SSSR count). The molecule has 3 heteroatoms. The molecule has 0 saturated heterocycles. The Kier molecular flexibility index (Phi) is 3.68. The third-order valence-corrected chi connectivity index (χ3v) is 2.76. The monoisotopic (exact) mass is 260 g/mol. The van der Waals surface area contributed by atoms with Gasteiger partial charge in [-0.1, -0.05) is 17.7 Å². The number of rotatable bonds is 3. The van der Waals surface area contributed by atoms with E-state index in [2.05, 4.69) is 6.07 Å². The maximum atomic E-state index is 10.9. The molecular formula is C15H13ClO2. The molecule has 0 aliphatic rings. The van der Waals surface area contributed by atoms with Gasteiger partial charge in [0.25, 0.3) is 0 Å². The summed E-state index contributed by atoms with van der Waals surface area (Å²) in [4.78, 5) is 10.9. The molecule has 2 aromatic carbocycles. The van der Waals surface area contributed by atoms with Gasteiger partial charge in [-0.3, -0.25) is 4.79 Å². The minimum Gasteiger partial charge on any atom is -0.457 e. The molecule has 2 nitrogen and oxygen atoms in total. The molecule has 2 aromatic rings. The van der Waals surface area contributed by atoms with Gasteiger partial charge in [0.15, 0.2) is 6.29 Å². The Balaban J connectivity index is 2.38. The summed E-state index contributed by atoms with van der Waals surface area (Å²) >= 11 is 5.91. The van der Waals surface area contributed by atoms with Crippen molar-refractivity contribution >= 4 is 17.9 Å². The van der Waals surface area contributed by atoms with E-state index in [0.717, 1.165) is 17.4 Å². The Morgan fingerprint density at radius 1 is 1.06 bits per heavy atom. The molecule has 0 bridgehead atoms. The van der Waals surface area contributed by atoms with Gasteiger partial charge in [0.2, 0.25) is 0 Å². The normalized spacial score (nSPS) is 10.2. The van der Waals surface area contributed by atoms with Crippen molar-refractivity contribution in [2.45, 2.75) is 13.8 Å². The molecule has 0 spiro atoms. The number of aryl methyl sites for hydroxylation is 2. The largest absolute Gasteiger partial charge is 0.457 e. The van der Waals surface area contributed by atoms with Gasteiger partial charge in [-0.25, -0.2) is 0 Å². The Hall–Kier alpha value is -1.80. The van der Waals surface area contributed by atoms with E-state index in [1.54, 1.807) is 18.2 Å². The zero-order valence-electron chi connectivity index (χ0n) is 10.2. The molecule has 0 radical (unpaired) electrons. The first kappa shape index (κ1) is 12.7. The van der Waals surface area contributed by atoms with Crippen LogP contribution in [0, 0.1) is 13.8 Å². The topological polar surface area (TPSA) is 26.3 Å². The quantitative estimate of drug-likeness (QED) is 0.756. The number of ether oxygens (including phenoxy) is 1. The van der Waals surface area contributed by atoms with Crippen LogP contribution in [0.4, 0.5) is 0 Å². The van der Waals surface area contributed by atoms with Crippen LogP contribution in [0.5, 0.6) is 11.5 Å². The fourth-order valence-corrected chi connectivity index (χ4v) is 1.97. The summed E-state index contributed by atoms with van der Waals surface area (Å²) in [7, 11) is 0. The zero-order chi connectivity index (χ0) is 13.1. The van der Waals surface area contributed by atoms with Gasteiger partial charge in [-0.05, 0) is 49.2 Å².